The van der Waals surface area contributed by atoms with Gasteiger partial charge in [0.2, 0.25) is 5.91 Å². The number of carbonyl (C=O) groups is 1. The summed E-state index contributed by atoms with van der Waals surface area (Å²) in [6, 6.07) is 5.98. The van der Waals surface area contributed by atoms with E-state index in [2.05, 4.69) is 40.1 Å². The second-order valence-electron chi connectivity index (χ2n) is 8.49. The number of nitrogens with zero attached hydrogens (tertiary/aromatic N) is 8. The zero-order chi connectivity index (χ0) is 21.9. The zero-order valence-electron chi connectivity index (χ0n) is 18.4. The first-order valence-electron chi connectivity index (χ1n) is 11.3. The minimum atomic E-state index is -0.00982. The number of amides is 1. The molecular weight excluding hydrogens is 406 g/mol. The summed E-state index contributed by atoms with van der Waals surface area (Å²) in [7, 11) is 0. The van der Waals surface area contributed by atoms with Crippen molar-refractivity contribution in [1.82, 2.24) is 29.5 Å². The second kappa shape index (κ2) is 9.07. The fourth-order valence-electron chi connectivity index (χ4n) is 4.45. The Morgan fingerprint density at radius 1 is 1.00 bits per heavy atom. The van der Waals surface area contributed by atoms with E-state index in [4.69, 9.17) is 0 Å². The molecule has 2 saturated heterocycles. The van der Waals surface area contributed by atoms with E-state index in [0.29, 0.717) is 12.3 Å². The van der Waals surface area contributed by atoms with E-state index in [1.165, 1.54) is 25.6 Å². The first-order chi connectivity index (χ1) is 15.7. The molecule has 2 aliphatic heterocycles. The SMILES string of the molecule is Cc1cc(N2CCN(CC(=O)Nc3ccc(N4CCCCC4)nc3)CC2)n2ncnc2n1. The minimum absolute atomic E-state index is 0.00982. The van der Waals surface area contributed by atoms with Crippen LogP contribution in [0.3, 0.4) is 0 Å². The summed E-state index contributed by atoms with van der Waals surface area (Å²) in [5, 5.41) is 7.28. The molecule has 168 valence electrons. The molecule has 10 heteroatoms. The molecule has 3 aromatic rings. The molecule has 0 saturated carbocycles. The molecule has 0 bridgehead atoms. The van der Waals surface area contributed by atoms with Crippen LogP contribution in [0, 0.1) is 6.92 Å². The van der Waals surface area contributed by atoms with Crippen LogP contribution in [0.25, 0.3) is 5.78 Å². The molecule has 10 nitrogen and oxygen atoms in total. The normalized spacial score (nSPS) is 17.7. The lowest BCUT2D eigenvalue weighted by Gasteiger charge is -2.35. The maximum absolute atomic E-state index is 12.6. The van der Waals surface area contributed by atoms with Gasteiger partial charge >= 0.3 is 0 Å². The third-order valence-corrected chi connectivity index (χ3v) is 6.14. The van der Waals surface area contributed by atoms with E-state index in [0.717, 1.165) is 62.3 Å². The van der Waals surface area contributed by atoms with E-state index in [-0.39, 0.29) is 5.91 Å². The summed E-state index contributed by atoms with van der Waals surface area (Å²) in [4.78, 5) is 32.5. The van der Waals surface area contributed by atoms with Gasteiger partial charge in [0.05, 0.1) is 18.4 Å². The zero-order valence-corrected chi connectivity index (χ0v) is 18.4. The van der Waals surface area contributed by atoms with Crippen molar-refractivity contribution in [1.29, 1.82) is 0 Å². The van der Waals surface area contributed by atoms with Crippen LogP contribution < -0.4 is 15.1 Å². The molecule has 1 N–H and O–H groups in total. The van der Waals surface area contributed by atoms with Crippen LogP contribution >= 0.6 is 0 Å². The average Bonchev–Trinajstić information content (AvgIpc) is 3.28. The van der Waals surface area contributed by atoms with Gasteiger partial charge in [0, 0.05) is 51.0 Å². The van der Waals surface area contributed by atoms with E-state index in [1.807, 2.05) is 25.1 Å². The molecule has 0 aromatic carbocycles. The summed E-state index contributed by atoms with van der Waals surface area (Å²) in [6.07, 6.45) is 7.02. The number of hydrogen-bond acceptors (Lipinski definition) is 8. The Morgan fingerprint density at radius 3 is 2.56 bits per heavy atom. The van der Waals surface area contributed by atoms with Gasteiger partial charge in [-0.2, -0.15) is 14.6 Å². The summed E-state index contributed by atoms with van der Waals surface area (Å²) in [5.41, 5.74) is 1.66. The van der Waals surface area contributed by atoms with Crippen LogP contribution in [0.4, 0.5) is 17.3 Å². The predicted octanol–water partition coefficient (Wildman–Crippen LogP) is 1.58. The smallest absolute Gasteiger partial charge is 0.254 e. The lowest BCUT2D eigenvalue weighted by molar-refractivity contribution is -0.117. The highest BCUT2D eigenvalue weighted by Crippen LogP contribution is 2.20. The van der Waals surface area contributed by atoms with Gasteiger partial charge < -0.3 is 15.1 Å². The standard InChI is InChI=1S/C22H29N9O/c1-17-13-21(31-22(26-17)24-16-25-31)30-11-9-28(10-12-30)15-20(32)27-18-5-6-19(23-14-18)29-7-3-2-4-8-29/h5-6,13-14,16H,2-4,7-12,15H2,1H3,(H,27,32). The highest BCUT2D eigenvalue weighted by atomic mass is 16.2. The Morgan fingerprint density at radius 2 is 1.81 bits per heavy atom. The molecule has 2 fully saturated rings. The molecule has 3 aromatic heterocycles. The van der Waals surface area contributed by atoms with E-state index in [9.17, 15) is 4.79 Å². The number of nitrogens with one attached hydrogen (secondary N) is 1. The van der Waals surface area contributed by atoms with Crippen molar-refractivity contribution < 1.29 is 4.79 Å². The quantitative estimate of drug-likeness (QED) is 0.646. The third kappa shape index (κ3) is 4.50. The lowest BCUT2D eigenvalue weighted by Crippen LogP contribution is -2.49. The molecule has 0 atom stereocenters. The molecule has 0 aliphatic carbocycles. The number of carbonyl (C=O) groups excluding carboxylic acids is 1. The Balaban J connectivity index is 1.13. The fraction of sp³-hybridized carbons (Fsp3) is 0.500. The van der Waals surface area contributed by atoms with Crippen molar-refractivity contribution in [3.05, 3.63) is 36.4 Å². The van der Waals surface area contributed by atoms with Gasteiger partial charge in [-0.25, -0.2) is 9.97 Å². The van der Waals surface area contributed by atoms with Crippen molar-refractivity contribution in [2.75, 3.05) is 60.9 Å². The van der Waals surface area contributed by atoms with Gasteiger partial charge in [0.1, 0.15) is 18.0 Å². The van der Waals surface area contributed by atoms with Crippen LogP contribution in [0.2, 0.25) is 0 Å². The molecular formula is C22H29N9O. The largest absolute Gasteiger partial charge is 0.357 e. The topological polar surface area (TPSA) is 94.8 Å². The summed E-state index contributed by atoms with van der Waals surface area (Å²) in [6.45, 7) is 7.70. The number of fused-ring (bicyclic) bond motifs is 1. The number of aryl methyl sites for hydroxylation is 1. The summed E-state index contributed by atoms with van der Waals surface area (Å²) in [5.74, 6) is 2.59. The molecule has 5 rings (SSSR count). The molecule has 32 heavy (non-hydrogen) atoms. The second-order valence-corrected chi connectivity index (χ2v) is 8.49. The Bertz CT molecular complexity index is 1070. The van der Waals surface area contributed by atoms with Crippen molar-refractivity contribution in [3.8, 4) is 0 Å². The van der Waals surface area contributed by atoms with Gasteiger partial charge in [-0.15, -0.1) is 0 Å². The number of aromatic nitrogens is 5. The molecule has 0 unspecified atom stereocenters. The van der Waals surface area contributed by atoms with Gasteiger partial charge in [-0.05, 0) is 38.3 Å². The fourth-order valence-corrected chi connectivity index (χ4v) is 4.45. The molecule has 5 heterocycles. The van der Waals surface area contributed by atoms with Crippen LogP contribution in [0.5, 0.6) is 0 Å². The summed E-state index contributed by atoms with van der Waals surface area (Å²) >= 11 is 0. The van der Waals surface area contributed by atoms with Gasteiger partial charge in [0.25, 0.3) is 5.78 Å². The number of piperazine rings is 1. The van der Waals surface area contributed by atoms with Crippen molar-refractivity contribution in [3.63, 3.8) is 0 Å². The lowest BCUT2D eigenvalue weighted by atomic mass is 10.1. The third-order valence-electron chi connectivity index (χ3n) is 6.14. The number of hydrogen-bond donors (Lipinski definition) is 1. The van der Waals surface area contributed by atoms with E-state index >= 15 is 0 Å². The monoisotopic (exact) mass is 435 g/mol. The van der Waals surface area contributed by atoms with Gasteiger partial charge in [-0.1, -0.05) is 0 Å². The maximum Gasteiger partial charge on any atom is 0.254 e. The molecule has 1 amide bonds. The van der Waals surface area contributed by atoms with Crippen LogP contribution in [-0.2, 0) is 4.79 Å². The molecule has 2 aliphatic rings. The van der Waals surface area contributed by atoms with Gasteiger partial charge in [-0.3, -0.25) is 9.69 Å². The minimum Gasteiger partial charge on any atom is -0.357 e. The summed E-state index contributed by atoms with van der Waals surface area (Å²) < 4.78 is 1.77. The van der Waals surface area contributed by atoms with Gasteiger partial charge in [0.15, 0.2) is 0 Å². The number of anilines is 3. The first kappa shape index (κ1) is 20.6. The van der Waals surface area contributed by atoms with Crippen LogP contribution in [0.15, 0.2) is 30.7 Å². The van der Waals surface area contributed by atoms with Crippen molar-refractivity contribution in [2.24, 2.45) is 0 Å². The Labute approximate surface area is 187 Å². The number of rotatable bonds is 5. The maximum atomic E-state index is 12.6. The molecule has 0 radical (unpaired) electrons. The highest BCUT2D eigenvalue weighted by Gasteiger charge is 2.22. The first-order valence-corrected chi connectivity index (χ1v) is 11.3. The van der Waals surface area contributed by atoms with Crippen molar-refractivity contribution in [2.45, 2.75) is 26.2 Å². The van der Waals surface area contributed by atoms with Crippen molar-refractivity contribution >= 4 is 29.0 Å². The number of pyridine rings is 1. The average molecular weight is 436 g/mol. The number of piperidine rings is 1. The van der Waals surface area contributed by atoms with E-state index in [1.54, 1.807) is 10.7 Å². The Kier molecular flexibility index (Phi) is 5.85. The molecule has 0 spiro atoms. The van der Waals surface area contributed by atoms with Crippen LogP contribution in [-0.4, -0.2) is 81.2 Å². The van der Waals surface area contributed by atoms with Crippen LogP contribution in [0.1, 0.15) is 25.0 Å². The Hall–Kier alpha value is -3.27. The predicted molar refractivity (Wildman–Crippen MR) is 123 cm³/mol. The highest BCUT2D eigenvalue weighted by molar-refractivity contribution is 5.92. The van der Waals surface area contributed by atoms with E-state index < -0.39 is 0 Å².